The molecule has 0 unspecified atom stereocenters. The third-order valence-electron chi connectivity index (χ3n) is 8.36. The number of carbonyl (C=O) groups is 1. The number of likely N-dealkylation sites (N-methyl/N-ethyl adjacent to an activating group) is 1. The predicted octanol–water partition coefficient (Wildman–Crippen LogP) is 5.23. The normalized spacial score (nSPS) is 15.3. The van der Waals surface area contributed by atoms with E-state index < -0.39 is 0 Å². The summed E-state index contributed by atoms with van der Waals surface area (Å²) in [4.78, 5) is 24.7. The maximum absolute atomic E-state index is 12.5. The van der Waals surface area contributed by atoms with E-state index in [9.17, 15) is 13.6 Å². The summed E-state index contributed by atoms with van der Waals surface area (Å²) >= 11 is 0. The second-order valence-electron chi connectivity index (χ2n) is 12.0. The van der Waals surface area contributed by atoms with E-state index >= 15 is 0 Å². The smallest absolute Gasteiger partial charge is 0.222 e. The Hall–Kier alpha value is -4.53. The zero-order valence-electron chi connectivity index (χ0n) is 29.7. The van der Waals surface area contributed by atoms with Crippen LogP contribution in [-0.4, -0.2) is 116 Å². The minimum Gasteiger partial charge on any atom is -0.478 e. The Balaban J connectivity index is 0.000000242. The lowest BCUT2D eigenvalue weighted by atomic mass is 10.1. The fourth-order valence-electron chi connectivity index (χ4n) is 5.29. The van der Waals surface area contributed by atoms with Crippen molar-refractivity contribution in [3.8, 4) is 18.2 Å². The van der Waals surface area contributed by atoms with Crippen molar-refractivity contribution in [2.75, 3.05) is 84.5 Å². The largest absolute Gasteiger partial charge is 0.478 e. The molecule has 0 bridgehead atoms. The highest BCUT2D eigenvalue weighted by atomic mass is 19.1. The zero-order valence-corrected chi connectivity index (χ0v) is 29.7. The molecule has 3 aromatic rings. The molecule has 5 rings (SSSR count). The fourth-order valence-corrected chi connectivity index (χ4v) is 5.29. The van der Waals surface area contributed by atoms with Crippen molar-refractivity contribution in [2.24, 2.45) is 12.0 Å². The van der Waals surface area contributed by atoms with Crippen molar-refractivity contribution >= 4 is 23.0 Å². The highest BCUT2D eigenvalue weighted by Gasteiger charge is 2.22. The molecule has 49 heavy (non-hydrogen) atoms. The first kappa shape index (κ1) is 38.9. The van der Waals surface area contributed by atoms with Gasteiger partial charge >= 0.3 is 0 Å². The van der Waals surface area contributed by atoms with Gasteiger partial charge in [-0.15, -0.1) is 6.42 Å². The van der Waals surface area contributed by atoms with E-state index in [0.29, 0.717) is 18.7 Å². The topological polar surface area (TPSA) is 69.4 Å². The number of hydrogen-bond acceptors (Lipinski definition) is 7. The third kappa shape index (κ3) is 12.8. The van der Waals surface area contributed by atoms with E-state index in [-0.39, 0.29) is 17.5 Å². The molecule has 0 spiro atoms. The van der Waals surface area contributed by atoms with E-state index in [1.165, 1.54) is 24.3 Å². The molecule has 2 saturated heterocycles. The first-order chi connectivity index (χ1) is 23.5. The van der Waals surface area contributed by atoms with Crippen molar-refractivity contribution in [1.82, 2.24) is 24.5 Å². The van der Waals surface area contributed by atoms with E-state index in [1.807, 2.05) is 36.5 Å². The number of piperazine rings is 2. The maximum atomic E-state index is 12.5. The van der Waals surface area contributed by atoms with Crippen LogP contribution in [0.2, 0.25) is 0 Å². The van der Waals surface area contributed by atoms with Gasteiger partial charge in [-0.25, -0.2) is 13.5 Å². The number of nitrogens with zero attached hydrogens (tertiary/aromatic N) is 7. The van der Waals surface area contributed by atoms with Gasteiger partial charge in [-0.05, 0) is 62.4 Å². The molecule has 0 N–H and O–H groups in total. The third-order valence-corrected chi connectivity index (χ3v) is 8.36. The van der Waals surface area contributed by atoms with Crippen molar-refractivity contribution in [2.45, 2.75) is 26.7 Å². The Morgan fingerprint density at radius 3 is 2.02 bits per heavy atom. The highest BCUT2D eigenvalue weighted by molar-refractivity contribution is 6.12. The number of ether oxygens (including phenoxy) is 1. The van der Waals surface area contributed by atoms with Gasteiger partial charge in [0.05, 0.1) is 6.61 Å². The first-order valence-electron chi connectivity index (χ1n) is 16.8. The summed E-state index contributed by atoms with van der Waals surface area (Å²) in [7, 11) is 5.72. The van der Waals surface area contributed by atoms with E-state index in [4.69, 9.17) is 11.2 Å². The Kier molecular flexibility index (Phi) is 16.0. The molecule has 11 heteroatoms. The number of anilines is 1. The van der Waals surface area contributed by atoms with Crippen molar-refractivity contribution in [3.63, 3.8) is 0 Å². The average molecular weight is 676 g/mol. The lowest BCUT2D eigenvalue weighted by molar-refractivity contribution is -0.131. The molecule has 2 aliphatic rings. The van der Waals surface area contributed by atoms with E-state index in [1.54, 1.807) is 31.3 Å². The van der Waals surface area contributed by atoms with Gasteiger partial charge in [0.2, 0.25) is 11.8 Å². The van der Waals surface area contributed by atoms with Gasteiger partial charge in [-0.1, -0.05) is 37.1 Å². The minimum absolute atomic E-state index is 0.204. The molecule has 0 saturated carbocycles. The van der Waals surface area contributed by atoms with Gasteiger partial charge in [-0.2, -0.15) is 5.10 Å². The molecule has 0 radical (unpaired) electrons. The van der Waals surface area contributed by atoms with Crippen LogP contribution in [0.15, 0.2) is 66.2 Å². The molecular formula is C38H51F2N7O2. The predicted molar refractivity (Wildman–Crippen MR) is 195 cm³/mol. The van der Waals surface area contributed by atoms with Crippen LogP contribution in [0.1, 0.15) is 37.8 Å². The van der Waals surface area contributed by atoms with Crippen molar-refractivity contribution in [1.29, 1.82) is 0 Å². The molecule has 0 aliphatic carbocycles. The standard InChI is InChI=1S/C19H34N6O2.C10H8FN.C9H9F/c1-4-18(26)25-13-11-24(12-14-25)17-16-19(22(3)20-17)27-15-5-6-23-9-7-21(2)8-10-23;1-3-10(12-2)8-4-6-9(11)7-5-8;1-7(2)8-3-5-9(10)6-4-8/h16H,4-15H2,1-3H3;1,4-7H,2H3;3-6H,1H2,2H3. The highest BCUT2D eigenvalue weighted by Crippen LogP contribution is 2.21. The van der Waals surface area contributed by atoms with Crippen molar-refractivity contribution < 1.29 is 18.3 Å². The number of carbonyl (C=O) groups excluding carboxylic acids is 1. The van der Waals surface area contributed by atoms with Gasteiger partial charge in [0.15, 0.2) is 5.82 Å². The molecular weight excluding hydrogens is 624 g/mol. The quantitative estimate of drug-likeness (QED) is 0.176. The monoisotopic (exact) mass is 675 g/mol. The summed E-state index contributed by atoms with van der Waals surface area (Å²) < 4.78 is 32.6. The van der Waals surface area contributed by atoms with Crippen LogP contribution >= 0.6 is 0 Å². The molecule has 0 atom stereocenters. The second-order valence-corrected chi connectivity index (χ2v) is 12.0. The van der Waals surface area contributed by atoms with Crippen LogP contribution in [0.5, 0.6) is 5.88 Å². The van der Waals surface area contributed by atoms with Crippen LogP contribution < -0.4 is 9.64 Å². The number of terminal acetylenes is 1. The van der Waals surface area contributed by atoms with Gasteiger partial charge in [0, 0.05) is 91.0 Å². The first-order valence-corrected chi connectivity index (χ1v) is 16.8. The molecule has 2 aromatic carbocycles. The summed E-state index contributed by atoms with van der Waals surface area (Å²) in [6.45, 7) is 17.1. The SMILES string of the molecule is C#CC(=NC)c1ccc(F)cc1.C=C(C)c1ccc(F)cc1.CCC(=O)N1CCN(c2cc(OCCCN3CCN(C)CC3)n(C)n2)CC1. The molecule has 264 valence electrons. The van der Waals surface area contributed by atoms with Gasteiger partial charge < -0.3 is 24.3 Å². The Labute approximate surface area is 290 Å². The lowest BCUT2D eigenvalue weighted by Gasteiger charge is -2.34. The average Bonchev–Trinajstić information content (AvgIpc) is 3.49. The summed E-state index contributed by atoms with van der Waals surface area (Å²) in [6, 6.07) is 14.3. The minimum atomic E-state index is -0.272. The van der Waals surface area contributed by atoms with Crippen LogP contribution in [0.4, 0.5) is 14.6 Å². The maximum Gasteiger partial charge on any atom is 0.222 e. The summed E-state index contributed by atoms with van der Waals surface area (Å²) in [5, 5.41) is 4.60. The Morgan fingerprint density at radius 1 is 0.939 bits per heavy atom. The number of hydrogen-bond donors (Lipinski definition) is 0. The number of allylic oxidation sites excluding steroid dienone is 1. The molecule has 1 amide bonds. The molecule has 1 aromatic heterocycles. The molecule has 2 fully saturated rings. The van der Waals surface area contributed by atoms with Crippen LogP contribution in [0.25, 0.3) is 5.57 Å². The molecule has 3 heterocycles. The number of aryl methyl sites for hydroxylation is 1. The number of aromatic nitrogens is 2. The van der Waals surface area contributed by atoms with Gasteiger partial charge in [0.25, 0.3) is 0 Å². The van der Waals surface area contributed by atoms with E-state index in [0.717, 1.165) is 93.7 Å². The molecule has 9 nitrogen and oxygen atoms in total. The van der Waals surface area contributed by atoms with Gasteiger partial charge in [-0.3, -0.25) is 9.79 Å². The van der Waals surface area contributed by atoms with Crippen molar-refractivity contribution in [3.05, 3.63) is 83.9 Å². The van der Waals surface area contributed by atoms with Crippen LogP contribution in [0.3, 0.4) is 0 Å². The number of amides is 1. The fraction of sp³-hybridized carbons (Fsp3) is 0.447. The Morgan fingerprint density at radius 2 is 1.51 bits per heavy atom. The number of halogens is 2. The molecule has 2 aliphatic heterocycles. The summed E-state index contributed by atoms with van der Waals surface area (Å²) in [5.41, 5.74) is 3.25. The number of benzene rings is 2. The second kappa shape index (κ2) is 20.1. The summed E-state index contributed by atoms with van der Waals surface area (Å²) in [6.07, 6.45) is 6.79. The van der Waals surface area contributed by atoms with Gasteiger partial charge in [0.1, 0.15) is 17.3 Å². The zero-order chi connectivity index (χ0) is 35.8. The summed E-state index contributed by atoms with van der Waals surface area (Å²) in [5.74, 6) is 3.93. The van der Waals surface area contributed by atoms with Crippen LogP contribution in [-0.2, 0) is 11.8 Å². The van der Waals surface area contributed by atoms with E-state index in [2.05, 4.69) is 44.3 Å². The Bertz CT molecular complexity index is 1530. The number of rotatable bonds is 9. The lowest BCUT2D eigenvalue weighted by Crippen LogP contribution is -2.48. The van der Waals surface area contributed by atoms with Crippen LogP contribution in [0, 0.1) is 24.0 Å². The number of aliphatic imine (C=N–C) groups is 1.